The van der Waals surface area contributed by atoms with Gasteiger partial charge >= 0.3 is 5.97 Å². The number of hydrogen-bond donors (Lipinski definition) is 1. The van der Waals surface area contributed by atoms with Gasteiger partial charge in [-0.15, -0.1) is 0 Å². The van der Waals surface area contributed by atoms with Crippen molar-refractivity contribution in [1.82, 2.24) is 9.78 Å². The molecule has 0 saturated carbocycles. The second-order valence-corrected chi connectivity index (χ2v) is 5.94. The van der Waals surface area contributed by atoms with Crippen LogP contribution in [0.1, 0.15) is 67.5 Å². The number of aldehydes is 1. The van der Waals surface area contributed by atoms with Crippen LogP contribution in [0.2, 0.25) is 0 Å². The minimum absolute atomic E-state index is 0.167. The van der Waals surface area contributed by atoms with Gasteiger partial charge in [0.2, 0.25) is 0 Å². The van der Waals surface area contributed by atoms with Gasteiger partial charge in [0.05, 0.1) is 13.2 Å². The molecule has 2 aromatic rings. The van der Waals surface area contributed by atoms with Crippen LogP contribution in [0.25, 0.3) is 0 Å². The molecule has 0 fully saturated rings. The summed E-state index contributed by atoms with van der Waals surface area (Å²) in [6.45, 7) is 10.5. The van der Waals surface area contributed by atoms with E-state index in [1.165, 1.54) is 6.92 Å². The number of carbonyl (C=O) groups excluding carboxylic acids is 2. The summed E-state index contributed by atoms with van der Waals surface area (Å²) in [6.07, 6.45) is 0.725. The van der Waals surface area contributed by atoms with Crippen LogP contribution in [0, 0.1) is 6.92 Å². The lowest BCUT2D eigenvalue weighted by molar-refractivity contribution is -0.106. The van der Waals surface area contributed by atoms with Crippen molar-refractivity contribution in [2.24, 2.45) is 0 Å². The number of aromatic nitrogens is 2. The van der Waals surface area contributed by atoms with E-state index < -0.39 is 12.1 Å². The summed E-state index contributed by atoms with van der Waals surface area (Å²) in [6, 6.07) is 7.23. The van der Waals surface area contributed by atoms with Crippen molar-refractivity contribution in [3.05, 3.63) is 46.8 Å². The number of rotatable bonds is 8. The average Bonchev–Trinajstić information content (AvgIpc) is 3.03. The SMILES string of the molecule is CC=O.CCCOc1ccc(C(O)c2c(C(=O)OCC)nn(CC)c2C)cc1. The molecule has 28 heavy (non-hydrogen) atoms. The third kappa shape index (κ3) is 5.92. The third-order valence-electron chi connectivity index (χ3n) is 3.96. The second kappa shape index (κ2) is 11.9. The Kier molecular flexibility index (Phi) is 9.95. The zero-order valence-corrected chi connectivity index (χ0v) is 17.3. The molecule has 0 bridgehead atoms. The predicted octanol–water partition coefficient (Wildman–Crippen LogP) is 3.46. The molecule has 0 spiro atoms. The molecular weight excluding hydrogens is 360 g/mol. The van der Waals surface area contributed by atoms with Crippen molar-refractivity contribution in [1.29, 1.82) is 0 Å². The smallest absolute Gasteiger partial charge is 0.359 e. The molecule has 1 atom stereocenters. The number of nitrogens with zero attached hydrogens (tertiary/aromatic N) is 2. The summed E-state index contributed by atoms with van der Waals surface area (Å²) < 4.78 is 12.3. The van der Waals surface area contributed by atoms with Crippen molar-refractivity contribution in [3.63, 3.8) is 0 Å². The average molecular weight is 390 g/mol. The predicted molar refractivity (Wildman–Crippen MR) is 107 cm³/mol. The van der Waals surface area contributed by atoms with Gasteiger partial charge in [0.15, 0.2) is 5.69 Å². The van der Waals surface area contributed by atoms with E-state index in [-0.39, 0.29) is 12.3 Å². The first-order chi connectivity index (χ1) is 13.4. The molecule has 7 heteroatoms. The fourth-order valence-corrected chi connectivity index (χ4v) is 2.68. The molecule has 1 aromatic carbocycles. The molecule has 0 aliphatic carbocycles. The fraction of sp³-hybridized carbons (Fsp3) is 0.476. The number of esters is 1. The Morgan fingerprint density at radius 2 is 1.86 bits per heavy atom. The van der Waals surface area contributed by atoms with E-state index in [1.807, 2.05) is 32.9 Å². The number of ether oxygens (including phenoxy) is 2. The first-order valence-corrected chi connectivity index (χ1v) is 9.49. The van der Waals surface area contributed by atoms with Crippen LogP contribution in [-0.4, -0.2) is 40.4 Å². The Labute approximate surface area is 166 Å². The van der Waals surface area contributed by atoms with Crippen LogP contribution in [0.3, 0.4) is 0 Å². The van der Waals surface area contributed by atoms with Gasteiger partial charge < -0.3 is 19.4 Å². The first kappa shape index (κ1) is 23.4. The number of benzene rings is 1. The van der Waals surface area contributed by atoms with E-state index in [2.05, 4.69) is 5.10 Å². The largest absolute Gasteiger partial charge is 0.494 e. The zero-order chi connectivity index (χ0) is 21.1. The lowest BCUT2D eigenvalue weighted by Gasteiger charge is -2.13. The quantitative estimate of drug-likeness (QED) is 0.548. The lowest BCUT2D eigenvalue weighted by atomic mass is 9.99. The standard InChI is InChI=1S/C19H26N2O4.C2H4O/c1-5-12-25-15-10-8-14(9-11-15)18(22)16-13(4)21(6-2)20-17(16)19(23)24-7-3;1-2-3/h8-11,18,22H,5-7,12H2,1-4H3;2H,1H3. The Bertz CT molecular complexity index is 753. The Hall–Kier alpha value is -2.67. The molecule has 1 heterocycles. The molecular formula is C21H30N2O5. The Morgan fingerprint density at radius 1 is 1.25 bits per heavy atom. The van der Waals surface area contributed by atoms with Gasteiger partial charge in [-0.2, -0.15) is 5.10 Å². The van der Waals surface area contributed by atoms with Crippen molar-refractivity contribution in [2.75, 3.05) is 13.2 Å². The topological polar surface area (TPSA) is 90.7 Å². The zero-order valence-electron chi connectivity index (χ0n) is 17.3. The van der Waals surface area contributed by atoms with Crippen LogP contribution < -0.4 is 4.74 Å². The lowest BCUT2D eigenvalue weighted by Crippen LogP contribution is -2.11. The number of carbonyl (C=O) groups is 2. The van der Waals surface area contributed by atoms with E-state index in [1.54, 1.807) is 23.7 Å². The summed E-state index contributed by atoms with van der Waals surface area (Å²) in [5.74, 6) is 0.235. The van der Waals surface area contributed by atoms with Gasteiger partial charge in [0.25, 0.3) is 0 Å². The Balaban J connectivity index is 0.00000122. The van der Waals surface area contributed by atoms with Gasteiger partial charge in [-0.3, -0.25) is 4.68 Å². The monoisotopic (exact) mass is 390 g/mol. The van der Waals surface area contributed by atoms with E-state index in [9.17, 15) is 9.90 Å². The fourth-order valence-electron chi connectivity index (χ4n) is 2.68. The highest BCUT2D eigenvalue weighted by Gasteiger charge is 2.27. The molecule has 0 saturated heterocycles. The molecule has 0 amide bonds. The van der Waals surface area contributed by atoms with E-state index in [0.29, 0.717) is 24.3 Å². The number of hydrogen-bond acceptors (Lipinski definition) is 6. The van der Waals surface area contributed by atoms with Crippen LogP contribution in [0.4, 0.5) is 0 Å². The molecule has 0 radical (unpaired) electrons. The highest BCUT2D eigenvalue weighted by molar-refractivity contribution is 5.89. The van der Waals surface area contributed by atoms with Gasteiger partial charge in [-0.05, 0) is 51.8 Å². The van der Waals surface area contributed by atoms with E-state index in [4.69, 9.17) is 14.3 Å². The molecule has 1 N–H and O–H groups in total. The summed E-state index contributed by atoms with van der Waals surface area (Å²) in [4.78, 5) is 21.0. The van der Waals surface area contributed by atoms with Crippen LogP contribution in [0.5, 0.6) is 5.75 Å². The maximum absolute atomic E-state index is 12.2. The van der Waals surface area contributed by atoms with Crippen molar-refractivity contribution in [2.45, 2.75) is 53.7 Å². The summed E-state index contributed by atoms with van der Waals surface area (Å²) in [7, 11) is 0. The minimum atomic E-state index is -0.958. The summed E-state index contributed by atoms with van der Waals surface area (Å²) >= 11 is 0. The van der Waals surface area contributed by atoms with Gasteiger partial charge in [-0.1, -0.05) is 19.1 Å². The van der Waals surface area contributed by atoms with Crippen LogP contribution in [0.15, 0.2) is 24.3 Å². The Morgan fingerprint density at radius 3 is 2.36 bits per heavy atom. The molecule has 154 valence electrons. The summed E-state index contributed by atoms with van der Waals surface area (Å²) in [5.41, 5.74) is 2.08. The second-order valence-electron chi connectivity index (χ2n) is 5.94. The maximum atomic E-state index is 12.2. The van der Waals surface area contributed by atoms with Crippen molar-refractivity contribution in [3.8, 4) is 5.75 Å². The number of aliphatic hydroxyl groups excluding tert-OH is 1. The highest BCUT2D eigenvalue weighted by Crippen LogP contribution is 2.29. The van der Waals surface area contributed by atoms with Crippen molar-refractivity contribution < 1.29 is 24.2 Å². The summed E-state index contributed by atoms with van der Waals surface area (Å²) in [5, 5.41) is 15.2. The normalized spacial score (nSPS) is 11.2. The third-order valence-corrected chi connectivity index (χ3v) is 3.96. The maximum Gasteiger partial charge on any atom is 0.359 e. The van der Waals surface area contributed by atoms with Crippen LogP contribution >= 0.6 is 0 Å². The highest BCUT2D eigenvalue weighted by atomic mass is 16.5. The molecule has 0 aliphatic heterocycles. The van der Waals surface area contributed by atoms with E-state index >= 15 is 0 Å². The number of aryl methyl sites for hydroxylation is 1. The molecule has 0 aliphatic rings. The molecule has 1 aromatic heterocycles. The minimum Gasteiger partial charge on any atom is -0.494 e. The molecule has 2 rings (SSSR count). The van der Waals surface area contributed by atoms with Crippen LogP contribution in [-0.2, 0) is 16.1 Å². The molecule has 1 unspecified atom stereocenters. The van der Waals surface area contributed by atoms with Crippen molar-refractivity contribution >= 4 is 12.3 Å². The number of aliphatic hydroxyl groups is 1. The van der Waals surface area contributed by atoms with Gasteiger partial charge in [0.1, 0.15) is 18.1 Å². The van der Waals surface area contributed by atoms with Gasteiger partial charge in [0, 0.05) is 17.8 Å². The molecule has 7 nitrogen and oxygen atoms in total. The van der Waals surface area contributed by atoms with Gasteiger partial charge in [-0.25, -0.2) is 4.79 Å². The first-order valence-electron chi connectivity index (χ1n) is 9.49. The van der Waals surface area contributed by atoms with E-state index in [0.717, 1.165) is 24.2 Å².